The highest BCUT2D eigenvalue weighted by Gasteiger charge is 2.23. The molecule has 1 aromatic heterocycles. The molecule has 1 atom stereocenters. The van der Waals surface area contributed by atoms with Gasteiger partial charge in [0.1, 0.15) is 17.5 Å². The Morgan fingerprint density at radius 1 is 1.29 bits per heavy atom. The lowest BCUT2D eigenvalue weighted by molar-refractivity contribution is 0.105. The zero-order chi connectivity index (χ0) is 17.2. The summed E-state index contributed by atoms with van der Waals surface area (Å²) in [6, 6.07) is 7.76. The fourth-order valence-corrected chi connectivity index (χ4v) is 3.43. The van der Waals surface area contributed by atoms with Gasteiger partial charge in [-0.05, 0) is 51.0 Å². The molecular formula is C16H20N2O5S. The number of ether oxygens (including phenoxy) is 2. The average molecular weight is 352 g/mol. The molecule has 1 aliphatic rings. The highest BCUT2D eigenvalue weighted by Crippen LogP contribution is 2.29. The quantitative estimate of drug-likeness (QED) is 0.859. The number of anilines is 1. The number of nitrogens with one attached hydrogen (secondary N) is 1. The van der Waals surface area contributed by atoms with Gasteiger partial charge in [-0.3, -0.25) is 0 Å². The first kappa shape index (κ1) is 16.8. The van der Waals surface area contributed by atoms with E-state index in [1.54, 1.807) is 18.2 Å². The van der Waals surface area contributed by atoms with Crippen LogP contribution in [0.3, 0.4) is 0 Å². The maximum atomic E-state index is 12.4. The Morgan fingerprint density at radius 2 is 2.04 bits per heavy atom. The molecule has 1 aliphatic heterocycles. The highest BCUT2D eigenvalue weighted by molar-refractivity contribution is 7.92. The van der Waals surface area contributed by atoms with Crippen molar-refractivity contribution in [2.24, 2.45) is 0 Å². The van der Waals surface area contributed by atoms with E-state index in [2.05, 4.69) is 9.88 Å². The van der Waals surface area contributed by atoms with Gasteiger partial charge in [0.25, 0.3) is 10.0 Å². The number of benzene rings is 1. The van der Waals surface area contributed by atoms with Gasteiger partial charge in [-0.2, -0.15) is 0 Å². The number of hydrogen-bond donors (Lipinski definition) is 1. The minimum atomic E-state index is -3.75. The molecule has 2 aromatic rings. The van der Waals surface area contributed by atoms with E-state index >= 15 is 0 Å². The summed E-state index contributed by atoms with van der Waals surface area (Å²) in [4.78, 5) is 0.119. The van der Waals surface area contributed by atoms with Gasteiger partial charge in [0.2, 0.25) is 5.88 Å². The third-order valence-electron chi connectivity index (χ3n) is 3.53. The second-order valence-corrected chi connectivity index (χ2v) is 7.54. The minimum Gasteiger partial charge on any atom is -0.491 e. The normalized spacial score (nSPS) is 18.0. The van der Waals surface area contributed by atoms with Crippen LogP contribution in [0.4, 0.5) is 5.88 Å². The summed E-state index contributed by atoms with van der Waals surface area (Å²) in [6.45, 7) is 4.49. The first-order valence-electron chi connectivity index (χ1n) is 7.82. The standard InChI is InChI=1S/C16H20N2O5S/c1-11(2)22-12-5-7-13(8-6-12)24(19,20)18-16-10-14(17-23-16)15-4-3-9-21-15/h5-8,10-11,15,18H,3-4,9H2,1-2H3/t15-/m0/s1. The molecule has 3 rings (SSSR count). The summed E-state index contributed by atoms with van der Waals surface area (Å²) < 4.78 is 43.2. The van der Waals surface area contributed by atoms with Crippen LogP contribution in [0.2, 0.25) is 0 Å². The van der Waals surface area contributed by atoms with Crippen LogP contribution in [0, 0.1) is 0 Å². The van der Waals surface area contributed by atoms with Crippen LogP contribution < -0.4 is 9.46 Å². The fraction of sp³-hybridized carbons (Fsp3) is 0.438. The van der Waals surface area contributed by atoms with Crippen molar-refractivity contribution >= 4 is 15.9 Å². The van der Waals surface area contributed by atoms with Gasteiger partial charge >= 0.3 is 0 Å². The molecule has 24 heavy (non-hydrogen) atoms. The van der Waals surface area contributed by atoms with Crippen molar-refractivity contribution < 1.29 is 22.4 Å². The van der Waals surface area contributed by atoms with Gasteiger partial charge in [-0.25, -0.2) is 13.1 Å². The Balaban J connectivity index is 1.71. The van der Waals surface area contributed by atoms with Crippen molar-refractivity contribution in [2.45, 2.75) is 43.8 Å². The van der Waals surface area contributed by atoms with Gasteiger partial charge in [0.15, 0.2) is 0 Å². The molecule has 0 spiro atoms. The van der Waals surface area contributed by atoms with E-state index in [0.717, 1.165) is 12.8 Å². The molecule has 0 amide bonds. The second-order valence-electron chi connectivity index (χ2n) is 5.86. The summed E-state index contributed by atoms with van der Waals surface area (Å²) in [6.07, 6.45) is 1.72. The van der Waals surface area contributed by atoms with Crippen LogP contribution in [-0.2, 0) is 14.8 Å². The van der Waals surface area contributed by atoms with Crippen LogP contribution in [0.25, 0.3) is 0 Å². The average Bonchev–Trinajstić information content (AvgIpc) is 3.17. The van der Waals surface area contributed by atoms with Gasteiger partial charge < -0.3 is 14.0 Å². The first-order valence-corrected chi connectivity index (χ1v) is 9.30. The Morgan fingerprint density at radius 3 is 2.67 bits per heavy atom. The third-order valence-corrected chi connectivity index (χ3v) is 4.89. The van der Waals surface area contributed by atoms with E-state index < -0.39 is 10.0 Å². The van der Waals surface area contributed by atoms with E-state index in [9.17, 15) is 8.42 Å². The Bertz CT molecular complexity index is 777. The fourth-order valence-electron chi connectivity index (χ4n) is 2.46. The van der Waals surface area contributed by atoms with Crippen LogP contribution >= 0.6 is 0 Å². The van der Waals surface area contributed by atoms with Crippen LogP contribution in [-0.4, -0.2) is 26.3 Å². The monoisotopic (exact) mass is 352 g/mol. The van der Waals surface area contributed by atoms with Crippen molar-refractivity contribution in [3.05, 3.63) is 36.0 Å². The number of hydrogen-bond acceptors (Lipinski definition) is 6. The molecule has 1 saturated heterocycles. The molecule has 0 aliphatic carbocycles. The first-order chi connectivity index (χ1) is 11.4. The van der Waals surface area contributed by atoms with E-state index in [4.69, 9.17) is 14.0 Å². The molecule has 1 aromatic carbocycles. The van der Waals surface area contributed by atoms with Gasteiger partial charge in [-0.15, -0.1) is 0 Å². The van der Waals surface area contributed by atoms with Crippen molar-refractivity contribution in [1.82, 2.24) is 5.16 Å². The van der Waals surface area contributed by atoms with E-state index in [-0.39, 0.29) is 23.0 Å². The van der Waals surface area contributed by atoms with Gasteiger partial charge in [0, 0.05) is 12.7 Å². The topological polar surface area (TPSA) is 90.7 Å². The zero-order valence-electron chi connectivity index (χ0n) is 13.6. The summed E-state index contributed by atoms with van der Waals surface area (Å²) in [5, 5.41) is 3.88. The Kier molecular flexibility index (Phi) is 4.77. The molecule has 8 heteroatoms. The number of nitrogens with zero attached hydrogens (tertiary/aromatic N) is 1. The Labute approximate surface area is 141 Å². The predicted molar refractivity (Wildman–Crippen MR) is 87.4 cm³/mol. The molecule has 0 saturated carbocycles. The van der Waals surface area contributed by atoms with E-state index in [0.29, 0.717) is 18.1 Å². The highest BCUT2D eigenvalue weighted by atomic mass is 32.2. The molecule has 130 valence electrons. The SMILES string of the molecule is CC(C)Oc1ccc(S(=O)(=O)Nc2cc([C@@H]3CCCO3)no2)cc1. The van der Waals surface area contributed by atoms with Crippen molar-refractivity contribution in [1.29, 1.82) is 0 Å². The van der Waals surface area contributed by atoms with Crippen LogP contribution in [0.15, 0.2) is 39.8 Å². The molecule has 0 bridgehead atoms. The third kappa shape index (κ3) is 3.88. The number of aromatic nitrogens is 1. The van der Waals surface area contributed by atoms with Crippen LogP contribution in [0.1, 0.15) is 38.5 Å². The summed E-state index contributed by atoms with van der Waals surface area (Å²) >= 11 is 0. The largest absolute Gasteiger partial charge is 0.491 e. The maximum Gasteiger partial charge on any atom is 0.264 e. The molecule has 2 heterocycles. The lowest BCUT2D eigenvalue weighted by Crippen LogP contribution is -2.12. The lowest BCUT2D eigenvalue weighted by atomic mass is 10.2. The Hall–Kier alpha value is -2.06. The molecule has 0 radical (unpaired) electrons. The molecule has 0 unspecified atom stereocenters. The molecule has 7 nitrogen and oxygen atoms in total. The second kappa shape index (κ2) is 6.82. The van der Waals surface area contributed by atoms with Gasteiger partial charge in [-0.1, -0.05) is 5.16 Å². The predicted octanol–water partition coefficient (Wildman–Crippen LogP) is 3.11. The smallest absolute Gasteiger partial charge is 0.264 e. The zero-order valence-corrected chi connectivity index (χ0v) is 14.4. The molecule has 1 N–H and O–H groups in total. The van der Waals surface area contributed by atoms with E-state index in [1.807, 2.05) is 13.8 Å². The maximum absolute atomic E-state index is 12.4. The minimum absolute atomic E-state index is 0.0241. The summed E-state index contributed by atoms with van der Waals surface area (Å²) in [5.74, 6) is 0.687. The molecular weight excluding hydrogens is 332 g/mol. The number of rotatable bonds is 6. The van der Waals surface area contributed by atoms with E-state index in [1.165, 1.54) is 12.1 Å². The van der Waals surface area contributed by atoms with Crippen molar-refractivity contribution in [3.8, 4) is 5.75 Å². The number of sulfonamides is 1. The van der Waals surface area contributed by atoms with Gasteiger partial charge in [0.05, 0.1) is 11.0 Å². The summed E-state index contributed by atoms with van der Waals surface area (Å²) in [7, 11) is -3.75. The van der Waals surface area contributed by atoms with Crippen molar-refractivity contribution in [3.63, 3.8) is 0 Å². The molecule has 1 fully saturated rings. The van der Waals surface area contributed by atoms with Crippen molar-refractivity contribution in [2.75, 3.05) is 11.3 Å². The van der Waals surface area contributed by atoms with Crippen LogP contribution in [0.5, 0.6) is 5.75 Å². The summed E-state index contributed by atoms with van der Waals surface area (Å²) in [5.41, 5.74) is 0.603. The lowest BCUT2D eigenvalue weighted by Gasteiger charge is -2.10.